The van der Waals surface area contributed by atoms with Crippen LogP contribution in [0.2, 0.25) is 0 Å². The third-order valence-electron chi connectivity index (χ3n) is 3.91. The highest BCUT2D eigenvalue weighted by molar-refractivity contribution is 6.07. The van der Waals surface area contributed by atoms with Crippen molar-refractivity contribution < 1.29 is 23.9 Å². The number of nitrogens with one attached hydrogen (secondary N) is 2. The molecule has 3 aromatic rings. The van der Waals surface area contributed by atoms with E-state index in [1.165, 1.54) is 11.5 Å². The zero-order valence-electron chi connectivity index (χ0n) is 15.1. The zero-order valence-corrected chi connectivity index (χ0v) is 15.1. The lowest BCUT2D eigenvalue weighted by Crippen LogP contribution is -2.18. The molecule has 6 nitrogen and oxygen atoms in total. The highest BCUT2D eigenvalue weighted by Gasteiger charge is 2.15. The summed E-state index contributed by atoms with van der Waals surface area (Å²) < 4.78 is 19.6. The Bertz CT molecular complexity index is 1050. The molecule has 0 fully saturated rings. The van der Waals surface area contributed by atoms with Gasteiger partial charge in [-0.2, -0.15) is 0 Å². The van der Waals surface area contributed by atoms with E-state index in [0.717, 1.165) is 6.08 Å². The second kappa shape index (κ2) is 9.29. The largest absolute Gasteiger partial charge is 0.457 e. The summed E-state index contributed by atoms with van der Waals surface area (Å²) >= 11 is 0. The summed E-state index contributed by atoms with van der Waals surface area (Å²) in [5, 5.41) is 11.2. The number of carbonyl (C=O) groups is 2. The van der Waals surface area contributed by atoms with Gasteiger partial charge in [0.1, 0.15) is 11.5 Å². The fraction of sp³-hybridized carbons (Fsp3) is 0. The number of anilines is 1. The fourth-order valence-electron chi connectivity index (χ4n) is 2.54. The first-order valence-corrected chi connectivity index (χ1v) is 8.62. The second-order valence-electron chi connectivity index (χ2n) is 5.89. The van der Waals surface area contributed by atoms with Crippen molar-refractivity contribution in [3.05, 3.63) is 95.8 Å². The van der Waals surface area contributed by atoms with E-state index in [1.807, 2.05) is 18.2 Å². The molecular weight excluding hydrogens is 375 g/mol. The number of amides is 2. The molecule has 29 heavy (non-hydrogen) atoms. The summed E-state index contributed by atoms with van der Waals surface area (Å²) in [6.45, 7) is 0. The van der Waals surface area contributed by atoms with Crippen LogP contribution < -0.4 is 15.5 Å². The molecule has 0 aliphatic carbocycles. The Morgan fingerprint density at radius 3 is 2.31 bits per heavy atom. The van der Waals surface area contributed by atoms with E-state index in [-0.39, 0.29) is 16.8 Å². The third-order valence-corrected chi connectivity index (χ3v) is 3.91. The van der Waals surface area contributed by atoms with Gasteiger partial charge >= 0.3 is 5.91 Å². The maximum absolute atomic E-state index is 13.8. The van der Waals surface area contributed by atoms with E-state index in [0.29, 0.717) is 11.5 Å². The van der Waals surface area contributed by atoms with Crippen molar-refractivity contribution in [1.82, 2.24) is 5.48 Å². The summed E-state index contributed by atoms with van der Waals surface area (Å²) in [6.07, 6.45) is 0.910. The molecule has 0 atom stereocenters. The van der Waals surface area contributed by atoms with Crippen LogP contribution in [0.5, 0.6) is 11.5 Å². The predicted molar refractivity (Wildman–Crippen MR) is 106 cm³/mol. The molecule has 0 bridgehead atoms. The molecule has 146 valence electrons. The van der Waals surface area contributed by atoms with Crippen molar-refractivity contribution in [2.45, 2.75) is 0 Å². The van der Waals surface area contributed by atoms with E-state index >= 15 is 0 Å². The molecule has 7 heteroatoms. The van der Waals surface area contributed by atoms with E-state index in [1.54, 1.807) is 54.6 Å². The average molecular weight is 392 g/mol. The van der Waals surface area contributed by atoms with Crippen molar-refractivity contribution in [3.63, 3.8) is 0 Å². The van der Waals surface area contributed by atoms with Gasteiger partial charge in [-0.1, -0.05) is 48.5 Å². The molecule has 2 amide bonds. The first-order chi connectivity index (χ1) is 14.1. The molecule has 0 aliphatic heterocycles. The van der Waals surface area contributed by atoms with Crippen LogP contribution in [-0.2, 0) is 4.79 Å². The quantitative estimate of drug-likeness (QED) is 0.326. The molecule has 0 saturated carbocycles. The fourth-order valence-corrected chi connectivity index (χ4v) is 2.54. The Morgan fingerprint density at radius 2 is 1.55 bits per heavy atom. The molecule has 3 aromatic carbocycles. The van der Waals surface area contributed by atoms with Gasteiger partial charge in [0.2, 0.25) is 0 Å². The Hall–Kier alpha value is -3.97. The van der Waals surface area contributed by atoms with Crippen molar-refractivity contribution in [3.8, 4) is 11.5 Å². The van der Waals surface area contributed by atoms with Crippen LogP contribution in [-0.4, -0.2) is 17.0 Å². The number of benzene rings is 3. The van der Waals surface area contributed by atoms with Crippen LogP contribution in [0.1, 0.15) is 15.9 Å². The minimum Gasteiger partial charge on any atom is -0.457 e. The molecule has 0 unspecified atom stereocenters. The summed E-state index contributed by atoms with van der Waals surface area (Å²) in [5.74, 6) is -2.03. The van der Waals surface area contributed by atoms with E-state index in [4.69, 9.17) is 9.94 Å². The van der Waals surface area contributed by atoms with Gasteiger partial charge < -0.3 is 10.1 Å². The molecule has 0 spiro atoms. The number of hydroxylamine groups is 1. The Morgan fingerprint density at radius 1 is 0.897 bits per heavy atom. The van der Waals surface area contributed by atoms with Gasteiger partial charge in [-0.25, -0.2) is 9.87 Å². The third kappa shape index (κ3) is 5.06. The van der Waals surface area contributed by atoms with Gasteiger partial charge in [0.15, 0.2) is 5.83 Å². The average Bonchev–Trinajstić information content (AvgIpc) is 2.75. The lowest BCUT2D eigenvalue weighted by molar-refractivity contribution is -0.126. The normalized spacial score (nSPS) is 10.9. The number of halogens is 1. The smallest absolute Gasteiger partial charge is 0.303 e. The first kappa shape index (κ1) is 19.8. The zero-order chi connectivity index (χ0) is 20.6. The van der Waals surface area contributed by atoms with Crippen LogP contribution in [0, 0.1) is 0 Å². The van der Waals surface area contributed by atoms with E-state index in [2.05, 4.69) is 5.32 Å². The monoisotopic (exact) mass is 392 g/mol. The lowest BCUT2D eigenvalue weighted by Gasteiger charge is -2.13. The van der Waals surface area contributed by atoms with Gasteiger partial charge in [0.05, 0.1) is 5.56 Å². The molecule has 3 rings (SSSR count). The van der Waals surface area contributed by atoms with Crippen LogP contribution in [0.25, 0.3) is 6.08 Å². The summed E-state index contributed by atoms with van der Waals surface area (Å²) in [6, 6.07) is 22.1. The summed E-state index contributed by atoms with van der Waals surface area (Å²) in [7, 11) is 0. The van der Waals surface area contributed by atoms with Gasteiger partial charge in [-0.05, 0) is 36.4 Å². The highest BCUT2D eigenvalue weighted by Crippen LogP contribution is 2.27. The molecule has 0 radical (unpaired) electrons. The summed E-state index contributed by atoms with van der Waals surface area (Å²) in [5.41, 5.74) is 2.04. The molecular formula is C22H17FN2O4. The van der Waals surface area contributed by atoms with Crippen LogP contribution in [0.15, 0.2) is 84.7 Å². The minimum atomic E-state index is -1.28. The van der Waals surface area contributed by atoms with Crippen LogP contribution in [0.3, 0.4) is 0 Å². The molecule has 0 aliphatic rings. The second-order valence-corrected chi connectivity index (χ2v) is 5.89. The minimum absolute atomic E-state index is 0.253. The van der Waals surface area contributed by atoms with Crippen LogP contribution >= 0.6 is 0 Å². The van der Waals surface area contributed by atoms with Gasteiger partial charge in [-0.3, -0.25) is 14.8 Å². The number of carbonyl (C=O) groups excluding carboxylic acids is 2. The SMILES string of the molecule is O=C(NO)/C(F)=C/c1ccccc1NC(=O)c1ccccc1Oc1ccccc1. The van der Waals surface area contributed by atoms with Crippen molar-refractivity contribution in [2.75, 3.05) is 5.32 Å². The Kier molecular flexibility index (Phi) is 6.34. The Balaban J connectivity index is 1.86. The van der Waals surface area contributed by atoms with Gasteiger partial charge in [0, 0.05) is 11.3 Å². The number of para-hydroxylation sites is 3. The standard InChI is InChI=1S/C22H17FN2O4/c23-18(22(27)25-28)14-15-8-4-6-12-19(15)24-21(26)17-11-5-7-13-20(17)29-16-9-2-1-3-10-16/h1-14,28H,(H,24,26)(H,25,27)/b18-14-. The van der Waals surface area contributed by atoms with Crippen molar-refractivity contribution in [1.29, 1.82) is 0 Å². The maximum Gasteiger partial charge on any atom is 0.303 e. The van der Waals surface area contributed by atoms with E-state index in [9.17, 15) is 14.0 Å². The molecule has 0 aromatic heterocycles. The number of rotatable bonds is 6. The van der Waals surface area contributed by atoms with E-state index < -0.39 is 17.6 Å². The lowest BCUT2D eigenvalue weighted by atomic mass is 10.1. The van der Waals surface area contributed by atoms with Crippen molar-refractivity contribution >= 4 is 23.6 Å². The molecule has 0 saturated heterocycles. The number of hydrogen-bond acceptors (Lipinski definition) is 4. The van der Waals surface area contributed by atoms with Gasteiger partial charge in [-0.15, -0.1) is 0 Å². The molecule has 3 N–H and O–H groups in total. The van der Waals surface area contributed by atoms with Crippen LogP contribution in [0.4, 0.5) is 10.1 Å². The number of hydrogen-bond donors (Lipinski definition) is 3. The maximum atomic E-state index is 13.8. The Labute approximate surface area is 166 Å². The molecule has 0 heterocycles. The number of ether oxygens (including phenoxy) is 1. The van der Waals surface area contributed by atoms with Gasteiger partial charge in [0.25, 0.3) is 5.91 Å². The first-order valence-electron chi connectivity index (χ1n) is 8.62. The topological polar surface area (TPSA) is 87.7 Å². The predicted octanol–water partition coefficient (Wildman–Crippen LogP) is 4.55. The highest BCUT2D eigenvalue weighted by atomic mass is 19.1. The summed E-state index contributed by atoms with van der Waals surface area (Å²) in [4.78, 5) is 24.0. The van der Waals surface area contributed by atoms with Crippen molar-refractivity contribution in [2.24, 2.45) is 0 Å².